The Morgan fingerprint density at radius 1 is 0.906 bits per heavy atom. The molecule has 32 heavy (non-hydrogen) atoms. The topological polar surface area (TPSA) is 65.1 Å². The van der Waals surface area contributed by atoms with Gasteiger partial charge in [-0.1, -0.05) is 60.7 Å². The molecule has 0 N–H and O–H groups in total. The van der Waals surface area contributed by atoms with E-state index in [1.165, 1.54) is 0 Å². The predicted octanol–water partition coefficient (Wildman–Crippen LogP) is 4.42. The van der Waals surface area contributed by atoms with Crippen LogP contribution in [-0.2, 0) is 27.1 Å². The molecule has 1 aliphatic rings. The molecule has 0 spiro atoms. The van der Waals surface area contributed by atoms with Crippen LogP contribution in [0.4, 0.5) is 10.5 Å². The van der Waals surface area contributed by atoms with Crippen molar-refractivity contribution >= 4 is 17.7 Å². The number of rotatable bonds is 8. The van der Waals surface area contributed by atoms with Crippen molar-refractivity contribution in [2.24, 2.45) is 0 Å². The molecule has 3 aromatic rings. The van der Waals surface area contributed by atoms with Gasteiger partial charge in [-0.3, -0.25) is 9.69 Å². The Hall–Kier alpha value is -3.80. The van der Waals surface area contributed by atoms with Gasteiger partial charge in [0, 0.05) is 5.69 Å². The molecule has 4 rings (SSSR count). The van der Waals surface area contributed by atoms with Crippen molar-refractivity contribution in [3.05, 3.63) is 96.1 Å². The number of esters is 1. The molecule has 3 aromatic carbocycles. The number of carbonyl (C=O) groups is 2. The summed E-state index contributed by atoms with van der Waals surface area (Å²) in [6.45, 7) is 0.00155. The molecule has 0 aromatic heterocycles. The molecule has 1 heterocycles. The average molecular weight is 431 g/mol. The second-order valence-electron chi connectivity index (χ2n) is 7.59. The molecule has 0 radical (unpaired) electrons. The van der Waals surface area contributed by atoms with Crippen LogP contribution in [0.2, 0.25) is 0 Å². The van der Waals surface area contributed by atoms with Crippen LogP contribution in [-0.4, -0.2) is 37.9 Å². The lowest BCUT2D eigenvalue weighted by atomic mass is 10.0. The van der Waals surface area contributed by atoms with Crippen LogP contribution in [0.3, 0.4) is 0 Å². The molecule has 1 saturated heterocycles. The first-order valence-corrected chi connectivity index (χ1v) is 10.5. The first-order chi connectivity index (χ1) is 15.6. The first-order valence-electron chi connectivity index (χ1n) is 10.5. The number of ether oxygens (including phenoxy) is 3. The van der Waals surface area contributed by atoms with Crippen LogP contribution in [0.25, 0.3) is 0 Å². The Kier molecular flexibility index (Phi) is 6.70. The highest BCUT2D eigenvalue weighted by Gasteiger charge is 2.43. The van der Waals surface area contributed by atoms with E-state index in [1.54, 1.807) is 24.1 Å². The van der Waals surface area contributed by atoms with E-state index in [-0.39, 0.29) is 25.0 Å². The highest BCUT2D eigenvalue weighted by molar-refractivity contribution is 5.91. The molecule has 1 amide bonds. The Morgan fingerprint density at radius 3 is 2.16 bits per heavy atom. The Balaban J connectivity index is 1.50. The fourth-order valence-corrected chi connectivity index (χ4v) is 3.82. The summed E-state index contributed by atoms with van der Waals surface area (Å²) in [5.74, 6) is 0.348. The quantitative estimate of drug-likeness (QED) is 0.494. The molecule has 0 bridgehead atoms. The lowest BCUT2D eigenvalue weighted by Gasteiger charge is -2.25. The number of benzene rings is 3. The first kappa shape index (κ1) is 21.4. The van der Waals surface area contributed by atoms with E-state index in [0.29, 0.717) is 17.9 Å². The third-order valence-electron chi connectivity index (χ3n) is 5.45. The standard InChI is InChI=1S/C26H25NO5/c1-30-22-14-12-21(13-15-22)27-23(16-19-8-4-2-5-9-19)24(32-26(27)29)18-31-25(28)17-20-10-6-3-7-11-20/h2-15,23-24H,16-18H2,1H3/t23-,24-/m1/s1. The van der Waals surface area contributed by atoms with E-state index in [9.17, 15) is 9.59 Å². The monoisotopic (exact) mass is 431 g/mol. The molecule has 0 saturated carbocycles. The van der Waals surface area contributed by atoms with E-state index in [1.807, 2.05) is 72.8 Å². The Bertz CT molecular complexity index is 1040. The van der Waals surface area contributed by atoms with Crippen molar-refractivity contribution in [2.75, 3.05) is 18.6 Å². The highest BCUT2D eigenvalue weighted by atomic mass is 16.6. The third-order valence-corrected chi connectivity index (χ3v) is 5.45. The van der Waals surface area contributed by atoms with E-state index in [2.05, 4.69) is 0 Å². The van der Waals surface area contributed by atoms with Gasteiger partial charge in [-0.25, -0.2) is 4.79 Å². The maximum absolute atomic E-state index is 12.8. The van der Waals surface area contributed by atoms with Crippen LogP contribution < -0.4 is 9.64 Å². The summed E-state index contributed by atoms with van der Waals surface area (Å²) in [6.07, 6.45) is -0.295. The van der Waals surface area contributed by atoms with Gasteiger partial charge in [0.2, 0.25) is 0 Å². The van der Waals surface area contributed by atoms with Crippen molar-refractivity contribution in [3.8, 4) is 5.75 Å². The maximum Gasteiger partial charge on any atom is 0.415 e. The van der Waals surface area contributed by atoms with Crippen molar-refractivity contribution in [1.82, 2.24) is 0 Å². The van der Waals surface area contributed by atoms with Crippen LogP contribution in [0.5, 0.6) is 5.75 Å². The number of methoxy groups -OCH3 is 1. The summed E-state index contributed by atoms with van der Waals surface area (Å²) >= 11 is 0. The van der Waals surface area contributed by atoms with Crippen LogP contribution in [0, 0.1) is 0 Å². The number of hydrogen-bond donors (Lipinski definition) is 0. The number of cyclic esters (lactones) is 1. The highest BCUT2D eigenvalue weighted by Crippen LogP contribution is 2.31. The summed E-state index contributed by atoms with van der Waals surface area (Å²) in [5.41, 5.74) is 2.64. The molecule has 1 fully saturated rings. The number of amides is 1. The average Bonchev–Trinajstić information content (AvgIpc) is 3.13. The van der Waals surface area contributed by atoms with E-state index >= 15 is 0 Å². The second kappa shape index (κ2) is 10.0. The molecule has 1 aliphatic heterocycles. The van der Waals surface area contributed by atoms with Crippen LogP contribution >= 0.6 is 0 Å². The summed E-state index contributed by atoms with van der Waals surface area (Å²) < 4.78 is 16.4. The lowest BCUT2D eigenvalue weighted by Crippen LogP contribution is -2.40. The summed E-state index contributed by atoms with van der Waals surface area (Å²) in [4.78, 5) is 26.8. The molecule has 6 nitrogen and oxygen atoms in total. The van der Waals surface area contributed by atoms with Gasteiger partial charge in [0.05, 0.1) is 19.6 Å². The minimum Gasteiger partial charge on any atom is -0.497 e. The predicted molar refractivity (Wildman–Crippen MR) is 121 cm³/mol. The van der Waals surface area contributed by atoms with E-state index in [0.717, 1.165) is 11.1 Å². The molecule has 2 atom stereocenters. The number of anilines is 1. The van der Waals surface area contributed by atoms with Crippen molar-refractivity contribution in [2.45, 2.75) is 25.0 Å². The SMILES string of the molecule is COc1ccc(N2C(=O)O[C@H](COC(=O)Cc3ccccc3)[C@H]2Cc2ccccc2)cc1. The van der Waals surface area contributed by atoms with Gasteiger partial charge in [-0.2, -0.15) is 0 Å². The van der Waals surface area contributed by atoms with Gasteiger partial charge in [-0.15, -0.1) is 0 Å². The smallest absolute Gasteiger partial charge is 0.415 e. The number of nitrogens with zero attached hydrogens (tertiary/aromatic N) is 1. The summed E-state index contributed by atoms with van der Waals surface area (Å²) in [7, 11) is 1.59. The van der Waals surface area contributed by atoms with Gasteiger partial charge < -0.3 is 14.2 Å². The summed E-state index contributed by atoms with van der Waals surface area (Å²) in [6, 6.07) is 26.2. The zero-order valence-electron chi connectivity index (χ0n) is 17.8. The normalized spacial score (nSPS) is 17.7. The van der Waals surface area contributed by atoms with Gasteiger partial charge in [0.1, 0.15) is 12.4 Å². The van der Waals surface area contributed by atoms with E-state index < -0.39 is 12.2 Å². The van der Waals surface area contributed by atoms with Gasteiger partial charge >= 0.3 is 12.1 Å². The zero-order valence-corrected chi connectivity index (χ0v) is 17.8. The molecule has 0 aliphatic carbocycles. The van der Waals surface area contributed by atoms with Crippen LogP contribution in [0.1, 0.15) is 11.1 Å². The third kappa shape index (κ3) is 5.09. The zero-order chi connectivity index (χ0) is 22.3. The Morgan fingerprint density at radius 2 is 1.53 bits per heavy atom. The van der Waals surface area contributed by atoms with Gasteiger partial charge in [0.25, 0.3) is 0 Å². The fourth-order valence-electron chi connectivity index (χ4n) is 3.82. The van der Waals surface area contributed by atoms with Gasteiger partial charge in [0.15, 0.2) is 6.10 Å². The molecular weight excluding hydrogens is 406 g/mol. The largest absolute Gasteiger partial charge is 0.497 e. The van der Waals surface area contributed by atoms with Crippen molar-refractivity contribution in [1.29, 1.82) is 0 Å². The van der Waals surface area contributed by atoms with E-state index in [4.69, 9.17) is 14.2 Å². The minimum absolute atomic E-state index is 0.00155. The second-order valence-corrected chi connectivity index (χ2v) is 7.59. The molecular formula is C26H25NO5. The van der Waals surface area contributed by atoms with Crippen molar-refractivity contribution < 1.29 is 23.8 Å². The fraction of sp³-hybridized carbons (Fsp3) is 0.231. The van der Waals surface area contributed by atoms with Gasteiger partial charge in [-0.05, 0) is 41.8 Å². The lowest BCUT2D eigenvalue weighted by molar-refractivity contribution is -0.145. The molecule has 6 heteroatoms. The summed E-state index contributed by atoms with van der Waals surface area (Å²) in [5, 5.41) is 0. The number of carbonyl (C=O) groups excluding carboxylic acids is 2. The number of hydrogen-bond acceptors (Lipinski definition) is 5. The molecule has 0 unspecified atom stereocenters. The van der Waals surface area contributed by atoms with Crippen molar-refractivity contribution in [3.63, 3.8) is 0 Å². The molecule has 164 valence electrons. The van der Waals surface area contributed by atoms with Crippen LogP contribution in [0.15, 0.2) is 84.9 Å². The minimum atomic E-state index is -0.579. The Labute approximate surface area is 187 Å². The maximum atomic E-state index is 12.8.